The van der Waals surface area contributed by atoms with E-state index >= 15 is 0 Å². The van der Waals surface area contributed by atoms with E-state index in [-0.39, 0.29) is 36.1 Å². The topological polar surface area (TPSA) is 75.7 Å². The van der Waals surface area contributed by atoms with Crippen LogP contribution < -0.4 is 14.4 Å². The Labute approximate surface area is 149 Å². The SMILES string of the molecule is CN1C(=O)Cc2cc(S(=O)(=O)NCCOc3ccc(F)c(F)c3)ccc21. The van der Waals surface area contributed by atoms with Gasteiger partial charge in [-0.15, -0.1) is 0 Å². The second-order valence-corrected chi connectivity index (χ2v) is 7.51. The molecule has 6 nitrogen and oxygen atoms in total. The molecule has 0 saturated carbocycles. The molecule has 1 aliphatic rings. The van der Waals surface area contributed by atoms with E-state index in [0.29, 0.717) is 11.3 Å². The molecule has 0 saturated heterocycles. The van der Waals surface area contributed by atoms with E-state index in [1.165, 1.54) is 23.1 Å². The Morgan fingerprint density at radius 2 is 1.92 bits per heavy atom. The summed E-state index contributed by atoms with van der Waals surface area (Å²) in [5.74, 6) is -2.02. The van der Waals surface area contributed by atoms with Crippen molar-refractivity contribution in [1.82, 2.24) is 4.72 Å². The third kappa shape index (κ3) is 3.68. The fourth-order valence-electron chi connectivity index (χ4n) is 2.61. The number of likely N-dealkylation sites (N-methyl/N-ethyl adjacent to an activating group) is 1. The minimum absolute atomic E-state index is 0.0483. The van der Waals surface area contributed by atoms with Crippen LogP contribution in [0.5, 0.6) is 5.75 Å². The van der Waals surface area contributed by atoms with Crippen molar-refractivity contribution < 1.29 is 26.7 Å². The summed E-state index contributed by atoms with van der Waals surface area (Å²) in [4.78, 5) is 13.2. The summed E-state index contributed by atoms with van der Waals surface area (Å²) in [6, 6.07) is 7.55. The maximum absolute atomic E-state index is 13.1. The molecule has 0 radical (unpaired) electrons. The number of benzene rings is 2. The van der Waals surface area contributed by atoms with Gasteiger partial charge in [-0.3, -0.25) is 4.79 Å². The number of hydrogen-bond donors (Lipinski definition) is 1. The van der Waals surface area contributed by atoms with Gasteiger partial charge in [-0.25, -0.2) is 21.9 Å². The number of nitrogens with zero attached hydrogens (tertiary/aromatic N) is 1. The molecule has 2 aromatic rings. The number of nitrogens with one attached hydrogen (secondary N) is 1. The van der Waals surface area contributed by atoms with Crippen LogP contribution in [0.2, 0.25) is 0 Å². The van der Waals surface area contributed by atoms with Crippen LogP contribution in [0.4, 0.5) is 14.5 Å². The predicted octanol–water partition coefficient (Wildman–Crippen LogP) is 1.84. The van der Waals surface area contributed by atoms with Crippen molar-refractivity contribution in [2.75, 3.05) is 25.1 Å². The van der Waals surface area contributed by atoms with Gasteiger partial charge in [0.25, 0.3) is 0 Å². The number of amides is 1. The minimum atomic E-state index is -3.78. The van der Waals surface area contributed by atoms with Crippen LogP contribution in [0.3, 0.4) is 0 Å². The third-order valence-electron chi connectivity index (χ3n) is 3.99. The van der Waals surface area contributed by atoms with Gasteiger partial charge in [0.15, 0.2) is 11.6 Å². The van der Waals surface area contributed by atoms with Crippen LogP contribution in [-0.4, -0.2) is 34.5 Å². The Kier molecular flexibility index (Phi) is 4.92. The van der Waals surface area contributed by atoms with E-state index in [4.69, 9.17) is 4.74 Å². The summed E-state index contributed by atoms with van der Waals surface area (Å²) >= 11 is 0. The highest BCUT2D eigenvalue weighted by Gasteiger charge is 2.26. The lowest BCUT2D eigenvalue weighted by atomic mass is 10.2. The molecule has 0 atom stereocenters. The summed E-state index contributed by atoms with van der Waals surface area (Å²) in [5.41, 5.74) is 1.34. The monoisotopic (exact) mass is 382 g/mol. The first-order valence-electron chi connectivity index (χ1n) is 7.75. The Hall–Kier alpha value is -2.52. The van der Waals surface area contributed by atoms with Crippen LogP contribution in [-0.2, 0) is 21.2 Å². The number of ether oxygens (including phenoxy) is 1. The number of carbonyl (C=O) groups excluding carboxylic acids is 1. The van der Waals surface area contributed by atoms with E-state index in [9.17, 15) is 22.0 Å². The molecular weight excluding hydrogens is 366 g/mol. The fraction of sp³-hybridized carbons (Fsp3) is 0.235. The van der Waals surface area contributed by atoms with Gasteiger partial charge in [-0.1, -0.05) is 0 Å². The molecule has 1 aliphatic heterocycles. The molecule has 0 fully saturated rings. The summed E-state index contributed by atoms with van der Waals surface area (Å²) in [7, 11) is -2.14. The maximum atomic E-state index is 13.1. The molecule has 0 spiro atoms. The standard InChI is InChI=1S/C17H16F2N2O4S/c1-21-16-5-3-13(8-11(16)9-17(21)22)26(23,24)20-6-7-25-12-2-4-14(18)15(19)10-12/h2-5,8,10,20H,6-7,9H2,1H3. The number of hydrogen-bond acceptors (Lipinski definition) is 4. The van der Waals surface area contributed by atoms with E-state index in [0.717, 1.165) is 12.1 Å². The number of sulfonamides is 1. The zero-order valence-corrected chi connectivity index (χ0v) is 14.6. The molecule has 26 heavy (non-hydrogen) atoms. The zero-order chi connectivity index (χ0) is 18.9. The highest BCUT2D eigenvalue weighted by Crippen LogP contribution is 2.29. The highest BCUT2D eigenvalue weighted by molar-refractivity contribution is 7.89. The van der Waals surface area contributed by atoms with Gasteiger partial charge < -0.3 is 9.64 Å². The average molecular weight is 382 g/mol. The Morgan fingerprint density at radius 3 is 2.65 bits per heavy atom. The lowest BCUT2D eigenvalue weighted by Gasteiger charge is -2.12. The minimum Gasteiger partial charge on any atom is -0.492 e. The van der Waals surface area contributed by atoms with E-state index in [1.54, 1.807) is 13.1 Å². The molecule has 0 aromatic heterocycles. The molecular formula is C17H16F2N2O4S. The molecule has 138 valence electrons. The average Bonchev–Trinajstić information content (AvgIpc) is 2.89. The van der Waals surface area contributed by atoms with Crippen LogP contribution in [0.25, 0.3) is 0 Å². The largest absolute Gasteiger partial charge is 0.492 e. The van der Waals surface area contributed by atoms with Gasteiger partial charge in [0.2, 0.25) is 15.9 Å². The van der Waals surface area contributed by atoms with Gasteiger partial charge in [-0.2, -0.15) is 0 Å². The highest BCUT2D eigenvalue weighted by atomic mass is 32.2. The van der Waals surface area contributed by atoms with Crippen LogP contribution >= 0.6 is 0 Å². The van der Waals surface area contributed by atoms with E-state index in [1.807, 2.05) is 0 Å². The fourth-order valence-corrected chi connectivity index (χ4v) is 3.67. The smallest absolute Gasteiger partial charge is 0.240 e. The normalized spacial score (nSPS) is 13.8. The van der Waals surface area contributed by atoms with Gasteiger partial charge in [-0.05, 0) is 35.9 Å². The third-order valence-corrected chi connectivity index (χ3v) is 5.45. The van der Waals surface area contributed by atoms with Gasteiger partial charge in [0, 0.05) is 25.3 Å². The number of carbonyl (C=O) groups is 1. The second kappa shape index (κ2) is 7.00. The predicted molar refractivity (Wildman–Crippen MR) is 90.6 cm³/mol. The quantitative estimate of drug-likeness (QED) is 0.774. The lowest BCUT2D eigenvalue weighted by Crippen LogP contribution is -2.28. The van der Waals surface area contributed by atoms with Crippen molar-refractivity contribution in [1.29, 1.82) is 0 Å². The van der Waals surface area contributed by atoms with Crippen molar-refractivity contribution in [3.05, 3.63) is 53.6 Å². The number of halogens is 2. The van der Waals surface area contributed by atoms with Gasteiger partial charge in [0.1, 0.15) is 12.4 Å². The van der Waals surface area contributed by atoms with E-state index in [2.05, 4.69) is 4.72 Å². The first-order chi connectivity index (χ1) is 12.3. The summed E-state index contributed by atoms with van der Waals surface area (Å²) < 4.78 is 58.1. The Bertz CT molecular complexity index is 963. The van der Waals surface area contributed by atoms with Crippen molar-refractivity contribution in [2.24, 2.45) is 0 Å². The Balaban J connectivity index is 1.60. The summed E-state index contributed by atoms with van der Waals surface area (Å²) in [5, 5.41) is 0. The molecule has 3 rings (SSSR count). The zero-order valence-electron chi connectivity index (χ0n) is 13.8. The van der Waals surface area contributed by atoms with Crippen LogP contribution in [0.1, 0.15) is 5.56 Å². The lowest BCUT2D eigenvalue weighted by molar-refractivity contribution is -0.117. The molecule has 9 heteroatoms. The Morgan fingerprint density at radius 1 is 1.15 bits per heavy atom. The summed E-state index contributed by atoms with van der Waals surface area (Å²) in [6.45, 7) is -0.117. The van der Waals surface area contributed by atoms with Crippen molar-refractivity contribution >= 4 is 21.6 Å². The number of fused-ring (bicyclic) bond motifs is 1. The molecule has 1 N–H and O–H groups in total. The van der Waals surface area contributed by atoms with Gasteiger partial charge in [0.05, 0.1) is 11.3 Å². The number of anilines is 1. The van der Waals surface area contributed by atoms with Crippen LogP contribution in [0.15, 0.2) is 41.3 Å². The molecule has 0 unspecified atom stereocenters. The molecule has 2 aromatic carbocycles. The second-order valence-electron chi connectivity index (χ2n) is 5.74. The van der Waals surface area contributed by atoms with E-state index < -0.39 is 21.7 Å². The first kappa shape index (κ1) is 18.3. The van der Waals surface area contributed by atoms with Crippen molar-refractivity contribution in [3.8, 4) is 5.75 Å². The summed E-state index contributed by atoms with van der Waals surface area (Å²) in [6.07, 6.45) is 0.161. The molecule has 1 heterocycles. The molecule has 0 bridgehead atoms. The first-order valence-corrected chi connectivity index (χ1v) is 9.23. The van der Waals surface area contributed by atoms with Crippen molar-refractivity contribution in [3.63, 3.8) is 0 Å². The molecule has 0 aliphatic carbocycles. The number of rotatable bonds is 6. The maximum Gasteiger partial charge on any atom is 0.240 e. The van der Waals surface area contributed by atoms with Crippen LogP contribution in [0, 0.1) is 11.6 Å². The molecule has 1 amide bonds. The van der Waals surface area contributed by atoms with Gasteiger partial charge >= 0.3 is 0 Å². The van der Waals surface area contributed by atoms with Crippen molar-refractivity contribution in [2.45, 2.75) is 11.3 Å².